The van der Waals surface area contributed by atoms with Gasteiger partial charge < -0.3 is 10.2 Å². The Morgan fingerprint density at radius 3 is 2.75 bits per heavy atom. The minimum Gasteiger partial charge on any atom is -0.508 e. The maximum absolute atomic E-state index is 14.9. The van der Waals surface area contributed by atoms with Crippen molar-refractivity contribution < 1.29 is 14.6 Å². The van der Waals surface area contributed by atoms with Gasteiger partial charge in [-0.25, -0.2) is 4.39 Å². The van der Waals surface area contributed by atoms with Crippen LogP contribution in [0.4, 0.5) is 4.39 Å². The Kier molecular flexibility index (Phi) is 5.46. The predicted molar refractivity (Wildman–Crippen MR) is 112 cm³/mol. The van der Waals surface area contributed by atoms with Gasteiger partial charge in [0.1, 0.15) is 11.9 Å². The number of aromatic hydroxyl groups is 1. The second-order valence-corrected chi connectivity index (χ2v) is 10.4. The Bertz CT molecular complexity index is 721. The van der Waals surface area contributed by atoms with Gasteiger partial charge in [-0.05, 0) is 92.4 Å². The van der Waals surface area contributed by atoms with Crippen LogP contribution in [0.5, 0.6) is 5.75 Å². The van der Waals surface area contributed by atoms with Gasteiger partial charge >= 0.3 is 0 Å². The van der Waals surface area contributed by atoms with E-state index in [1.807, 2.05) is 6.07 Å². The number of rotatable bonds is 5. The molecule has 2 nitrogen and oxygen atoms in total. The van der Waals surface area contributed by atoms with Crippen LogP contribution < -0.4 is 0 Å². The molecule has 4 heteroatoms. The Labute approximate surface area is 173 Å². The molecule has 0 aliphatic heterocycles. The lowest BCUT2D eigenvalue weighted by Crippen LogP contribution is -2.52. The van der Waals surface area contributed by atoms with E-state index in [4.69, 9.17) is 11.6 Å². The first-order valence-electron chi connectivity index (χ1n) is 11.0. The maximum Gasteiger partial charge on any atom is 0.129 e. The van der Waals surface area contributed by atoms with Crippen LogP contribution in [-0.4, -0.2) is 27.9 Å². The Morgan fingerprint density at radius 1 is 1.21 bits per heavy atom. The highest BCUT2D eigenvalue weighted by Crippen LogP contribution is 2.66. The Balaban J connectivity index is 1.68. The average Bonchev–Trinajstić information content (AvgIpc) is 2.84. The first-order chi connectivity index (χ1) is 13.3. The molecule has 28 heavy (non-hydrogen) atoms. The molecule has 0 spiro atoms. The number of phenolic OH excluding ortho intramolecular Hbond substituents is 1. The van der Waals surface area contributed by atoms with Gasteiger partial charge in [0.05, 0.1) is 5.60 Å². The number of hydrogen-bond acceptors (Lipinski definition) is 2. The number of halogens is 2. The molecular weight excluding hydrogens is 375 g/mol. The lowest BCUT2D eigenvalue weighted by Gasteiger charge is -2.55. The number of hydrogen-bond donors (Lipinski definition) is 2. The summed E-state index contributed by atoms with van der Waals surface area (Å²) in [6.45, 7) is 3.85. The van der Waals surface area contributed by atoms with Crippen LogP contribution in [0.1, 0.15) is 75.8 Å². The van der Waals surface area contributed by atoms with E-state index in [1.54, 1.807) is 13.0 Å². The summed E-state index contributed by atoms with van der Waals surface area (Å²) in [5.41, 5.74) is 1.04. The lowest BCUT2D eigenvalue weighted by molar-refractivity contribution is -0.118. The molecule has 0 radical (unpaired) electrons. The molecule has 2 N–H and O–H groups in total. The van der Waals surface area contributed by atoms with Crippen LogP contribution in [0.15, 0.2) is 18.2 Å². The number of aliphatic hydroxyl groups is 1. The van der Waals surface area contributed by atoms with Crippen LogP contribution in [0, 0.1) is 23.2 Å². The van der Waals surface area contributed by atoms with Gasteiger partial charge in [0.15, 0.2) is 0 Å². The zero-order chi connectivity index (χ0) is 20.1. The molecule has 1 aromatic carbocycles. The maximum atomic E-state index is 14.9. The summed E-state index contributed by atoms with van der Waals surface area (Å²) < 4.78 is 14.9. The van der Waals surface area contributed by atoms with Crippen molar-refractivity contribution in [1.29, 1.82) is 0 Å². The topological polar surface area (TPSA) is 40.5 Å². The zero-order valence-corrected chi connectivity index (χ0v) is 17.9. The van der Waals surface area contributed by atoms with Crippen LogP contribution in [0.3, 0.4) is 0 Å². The molecule has 0 bridgehead atoms. The number of fused-ring (bicyclic) bond motifs is 5. The van der Waals surface area contributed by atoms with Crippen molar-refractivity contribution in [2.24, 2.45) is 23.2 Å². The van der Waals surface area contributed by atoms with E-state index >= 15 is 0 Å². The molecule has 0 unspecified atom stereocenters. The van der Waals surface area contributed by atoms with E-state index < -0.39 is 11.8 Å². The largest absolute Gasteiger partial charge is 0.508 e. The molecular formula is C24H34ClFO2. The fraction of sp³-hybridized carbons (Fsp3) is 0.750. The van der Waals surface area contributed by atoms with Crippen molar-refractivity contribution in [2.75, 3.05) is 5.88 Å². The molecule has 2 fully saturated rings. The molecule has 1 aromatic rings. The van der Waals surface area contributed by atoms with Crippen LogP contribution in [0.25, 0.3) is 0 Å². The molecule has 4 rings (SSSR count). The molecule has 0 saturated heterocycles. The van der Waals surface area contributed by atoms with E-state index in [2.05, 4.69) is 13.0 Å². The van der Waals surface area contributed by atoms with Crippen molar-refractivity contribution in [1.82, 2.24) is 0 Å². The third-order valence-electron chi connectivity index (χ3n) is 8.71. The van der Waals surface area contributed by atoms with Gasteiger partial charge in [0.2, 0.25) is 0 Å². The van der Waals surface area contributed by atoms with Gasteiger partial charge in [0, 0.05) is 11.3 Å². The van der Waals surface area contributed by atoms with Gasteiger partial charge in [-0.2, -0.15) is 0 Å². The Morgan fingerprint density at radius 2 is 2.00 bits per heavy atom. The van der Waals surface area contributed by atoms with Crippen molar-refractivity contribution in [3.05, 3.63) is 29.3 Å². The second kappa shape index (κ2) is 7.47. The summed E-state index contributed by atoms with van der Waals surface area (Å²) >= 11 is 5.86. The van der Waals surface area contributed by atoms with Crippen molar-refractivity contribution in [2.45, 2.75) is 82.9 Å². The number of alkyl halides is 2. The molecule has 2 saturated carbocycles. The van der Waals surface area contributed by atoms with Gasteiger partial charge in [-0.1, -0.05) is 25.8 Å². The van der Waals surface area contributed by atoms with Gasteiger partial charge in [-0.15, -0.1) is 11.6 Å². The van der Waals surface area contributed by atoms with E-state index in [0.29, 0.717) is 35.8 Å². The molecule has 3 aliphatic rings. The normalized spacial score (nSPS) is 42.0. The molecule has 156 valence electrons. The monoisotopic (exact) mass is 408 g/mol. The fourth-order valence-corrected chi connectivity index (χ4v) is 7.12. The minimum absolute atomic E-state index is 0.219. The highest BCUT2D eigenvalue weighted by atomic mass is 35.5. The van der Waals surface area contributed by atoms with E-state index in [0.717, 1.165) is 44.9 Å². The minimum atomic E-state index is -1.24. The van der Waals surface area contributed by atoms with Gasteiger partial charge in [0.25, 0.3) is 0 Å². The number of unbranched alkanes of at least 4 members (excludes halogenated alkanes) is 2. The SMILES string of the molecule is C[C@]12CC[C@@H]3c4ccc(O)cc4C[C@@H](CCCCCCl)[C@H]3[C@@H]1C[C@@H](F)[C@@]2(C)O. The summed E-state index contributed by atoms with van der Waals surface area (Å²) in [7, 11) is 0. The molecule has 0 heterocycles. The van der Waals surface area contributed by atoms with E-state index in [9.17, 15) is 14.6 Å². The molecule has 0 aromatic heterocycles. The zero-order valence-electron chi connectivity index (χ0n) is 17.1. The van der Waals surface area contributed by atoms with E-state index in [1.165, 1.54) is 11.1 Å². The van der Waals surface area contributed by atoms with Crippen LogP contribution in [0.2, 0.25) is 0 Å². The first-order valence-corrected chi connectivity index (χ1v) is 11.6. The summed E-state index contributed by atoms with van der Waals surface area (Å²) in [5, 5.41) is 21.1. The highest BCUT2D eigenvalue weighted by molar-refractivity contribution is 6.17. The van der Waals surface area contributed by atoms with Gasteiger partial charge in [-0.3, -0.25) is 0 Å². The van der Waals surface area contributed by atoms with Crippen LogP contribution >= 0.6 is 11.6 Å². The molecule has 0 amide bonds. The molecule has 3 aliphatic carbocycles. The summed E-state index contributed by atoms with van der Waals surface area (Å²) in [4.78, 5) is 0. The standard InChI is InChI=1S/C24H34ClFO2/c1-23-10-9-19-18-8-7-17(27)13-16(18)12-15(6-4-3-5-11-25)22(19)20(23)14-21(26)24(23,2)28/h7-8,13,15,19-22,27-28H,3-6,9-12,14H2,1-2H3/t15-,19-,20+,21-,22-,23+,24-/m1/s1. The lowest BCUT2D eigenvalue weighted by atomic mass is 9.50. The third kappa shape index (κ3) is 3.08. The molecule has 7 atom stereocenters. The van der Waals surface area contributed by atoms with Crippen LogP contribution in [-0.2, 0) is 6.42 Å². The summed E-state index contributed by atoms with van der Waals surface area (Å²) in [6, 6.07) is 5.83. The quantitative estimate of drug-likeness (QED) is 0.465. The average molecular weight is 409 g/mol. The van der Waals surface area contributed by atoms with Crippen molar-refractivity contribution >= 4 is 11.6 Å². The summed E-state index contributed by atoms with van der Waals surface area (Å²) in [6.07, 6.45) is 6.61. The fourth-order valence-electron chi connectivity index (χ4n) is 6.94. The van der Waals surface area contributed by atoms with Crippen molar-refractivity contribution in [3.63, 3.8) is 0 Å². The van der Waals surface area contributed by atoms with Crippen molar-refractivity contribution in [3.8, 4) is 5.75 Å². The second-order valence-electron chi connectivity index (χ2n) is 9.98. The van der Waals surface area contributed by atoms with E-state index in [-0.39, 0.29) is 11.3 Å². The smallest absolute Gasteiger partial charge is 0.129 e. The number of phenols is 1. The highest BCUT2D eigenvalue weighted by Gasteiger charge is 2.65. The first kappa shape index (κ1) is 20.5. The predicted octanol–water partition coefficient (Wildman–Crippen LogP) is 5.97. The third-order valence-corrected chi connectivity index (χ3v) is 8.98. The Hall–Kier alpha value is -0.800. The summed E-state index contributed by atoms with van der Waals surface area (Å²) in [5.74, 6) is 2.59. The number of benzene rings is 1.